The van der Waals surface area contributed by atoms with Crippen molar-refractivity contribution in [1.82, 2.24) is 9.97 Å². The molecule has 0 saturated carbocycles. The Morgan fingerprint density at radius 1 is 1.28 bits per heavy atom. The third-order valence-electron chi connectivity index (χ3n) is 3.74. The summed E-state index contributed by atoms with van der Waals surface area (Å²) < 4.78 is 5.09. The van der Waals surface area contributed by atoms with Crippen molar-refractivity contribution in [1.29, 1.82) is 0 Å². The van der Waals surface area contributed by atoms with Crippen LogP contribution in [0.3, 0.4) is 0 Å². The largest absolute Gasteiger partial charge is 0.497 e. The van der Waals surface area contributed by atoms with Crippen LogP contribution in [0, 0.1) is 13.8 Å². The van der Waals surface area contributed by atoms with E-state index in [0.29, 0.717) is 16.7 Å². The lowest BCUT2D eigenvalue weighted by Crippen LogP contribution is -2.14. The Bertz CT molecular complexity index is 923. The summed E-state index contributed by atoms with van der Waals surface area (Å²) in [6.07, 6.45) is 0. The van der Waals surface area contributed by atoms with Crippen molar-refractivity contribution in [3.05, 3.63) is 34.7 Å². The first kappa shape index (κ1) is 17.5. The second-order valence-electron chi connectivity index (χ2n) is 5.42. The summed E-state index contributed by atoms with van der Waals surface area (Å²) in [6, 6.07) is 7.17. The Morgan fingerprint density at radius 3 is 2.68 bits per heavy atom. The summed E-state index contributed by atoms with van der Waals surface area (Å²) in [5.41, 5.74) is 7.89. The fraction of sp³-hybridized carbons (Fsp3) is 0.235. The van der Waals surface area contributed by atoms with Crippen LogP contribution in [0.25, 0.3) is 10.2 Å². The van der Waals surface area contributed by atoms with Crippen LogP contribution in [-0.4, -0.2) is 28.7 Å². The highest BCUT2D eigenvalue weighted by Gasteiger charge is 2.14. The van der Waals surface area contributed by atoms with Crippen molar-refractivity contribution in [3.8, 4) is 5.75 Å². The minimum absolute atomic E-state index is 0.129. The number of hydrogen-bond donors (Lipinski definition) is 2. The number of aromatic nitrogens is 2. The number of benzene rings is 1. The number of thioether (sulfide) groups is 1. The zero-order valence-electron chi connectivity index (χ0n) is 14.1. The second-order valence-corrected chi connectivity index (χ2v) is 7.57. The predicted molar refractivity (Wildman–Crippen MR) is 104 cm³/mol. The summed E-state index contributed by atoms with van der Waals surface area (Å²) in [4.78, 5) is 23.0. The van der Waals surface area contributed by atoms with Crippen LogP contribution in [-0.2, 0) is 4.79 Å². The van der Waals surface area contributed by atoms with E-state index in [0.717, 1.165) is 21.5 Å². The van der Waals surface area contributed by atoms with E-state index in [9.17, 15) is 4.79 Å². The Labute approximate surface area is 153 Å². The lowest BCUT2D eigenvalue weighted by Gasteiger charge is -2.06. The lowest BCUT2D eigenvalue weighted by molar-refractivity contribution is -0.113. The maximum absolute atomic E-state index is 12.1. The number of nitrogens with one attached hydrogen (secondary N) is 1. The molecule has 0 fully saturated rings. The van der Waals surface area contributed by atoms with Gasteiger partial charge in [0.15, 0.2) is 5.16 Å². The topological polar surface area (TPSA) is 90.1 Å². The molecule has 130 valence electrons. The maximum Gasteiger partial charge on any atom is 0.234 e. The van der Waals surface area contributed by atoms with E-state index in [4.69, 9.17) is 10.5 Å². The normalized spacial score (nSPS) is 10.8. The molecule has 6 nitrogen and oxygen atoms in total. The number of ether oxygens (including phenoxy) is 1. The number of aryl methyl sites for hydroxylation is 2. The fourth-order valence-electron chi connectivity index (χ4n) is 2.33. The highest BCUT2D eigenvalue weighted by Crippen LogP contribution is 2.33. The molecule has 3 N–H and O–H groups in total. The molecule has 2 aromatic heterocycles. The monoisotopic (exact) mass is 374 g/mol. The molecular formula is C17H18N4O2S2. The average Bonchev–Trinajstić information content (AvgIpc) is 2.88. The molecule has 0 radical (unpaired) electrons. The summed E-state index contributed by atoms with van der Waals surface area (Å²) >= 11 is 2.86. The number of carbonyl (C=O) groups is 1. The first-order chi connectivity index (χ1) is 12.0. The Hall–Kier alpha value is -2.32. The van der Waals surface area contributed by atoms with Gasteiger partial charge in [0.2, 0.25) is 5.91 Å². The Balaban J connectivity index is 1.66. The minimum Gasteiger partial charge on any atom is -0.497 e. The molecule has 0 atom stereocenters. The predicted octanol–water partition coefficient (Wildman–Crippen LogP) is 3.63. The molecule has 0 aliphatic rings. The van der Waals surface area contributed by atoms with Gasteiger partial charge >= 0.3 is 0 Å². The lowest BCUT2D eigenvalue weighted by atomic mass is 10.2. The highest BCUT2D eigenvalue weighted by atomic mass is 32.2. The molecule has 1 aromatic carbocycles. The number of nitrogens with two attached hydrogens (primary N) is 1. The smallest absolute Gasteiger partial charge is 0.234 e. The van der Waals surface area contributed by atoms with Gasteiger partial charge < -0.3 is 15.8 Å². The molecule has 3 aromatic rings. The van der Waals surface area contributed by atoms with Crippen molar-refractivity contribution in [2.24, 2.45) is 0 Å². The number of nitrogen functional groups attached to an aromatic ring is 1. The van der Waals surface area contributed by atoms with E-state index in [1.54, 1.807) is 42.7 Å². The molecular weight excluding hydrogens is 356 g/mol. The van der Waals surface area contributed by atoms with Gasteiger partial charge in [-0.15, -0.1) is 11.3 Å². The van der Waals surface area contributed by atoms with Gasteiger partial charge in [0.25, 0.3) is 0 Å². The number of hydrogen-bond acceptors (Lipinski definition) is 7. The van der Waals surface area contributed by atoms with E-state index in [-0.39, 0.29) is 11.7 Å². The van der Waals surface area contributed by atoms with Crippen LogP contribution < -0.4 is 15.8 Å². The van der Waals surface area contributed by atoms with E-state index in [1.807, 2.05) is 13.8 Å². The number of methoxy groups -OCH3 is 1. The molecule has 0 unspecified atom stereocenters. The summed E-state index contributed by atoms with van der Waals surface area (Å²) in [7, 11) is 1.60. The van der Waals surface area contributed by atoms with E-state index < -0.39 is 0 Å². The molecule has 0 aliphatic heterocycles. The van der Waals surface area contributed by atoms with Crippen LogP contribution in [0.15, 0.2) is 29.4 Å². The molecule has 3 rings (SSSR count). The number of fused-ring (bicyclic) bond motifs is 1. The molecule has 0 aliphatic carbocycles. The van der Waals surface area contributed by atoms with Gasteiger partial charge in [0.05, 0.1) is 18.2 Å². The van der Waals surface area contributed by atoms with Crippen molar-refractivity contribution in [2.75, 3.05) is 23.9 Å². The number of amides is 1. The number of nitrogens with zero attached hydrogens (tertiary/aromatic N) is 2. The number of carbonyl (C=O) groups excluding carboxylic acids is 1. The van der Waals surface area contributed by atoms with Crippen LogP contribution in [0.2, 0.25) is 0 Å². The highest BCUT2D eigenvalue weighted by molar-refractivity contribution is 7.99. The number of anilines is 2. The van der Waals surface area contributed by atoms with Crippen LogP contribution in [0.5, 0.6) is 5.75 Å². The van der Waals surface area contributed by atoms with Gasteiger partial charge in [0.1, 0.15) is 16.4 Å². The van der Waals surface area contributed by atoms with Gasteiger partial charge in [-0.1, -0.05) is 11.8 Å². The molecule has 0 bridgehead atoms. The molecule has 0 saturated heterocycles. The quantitative estimate of drug-likeness (QED) is 0.523. The van der Waals surface area contributed by atoms with Gasteiger partial charge in [-0.3, -0.25) is 4.79 Å². The van der Waals surface area contributed by atoms with E-state index in [2.05, 4.69) is 15.3 Å². The summed E-state index contributed by atoms with van der Waals surface area (Å²) in [5, 5.41) is 4.25. The standard InChI is InChI=1S/C17H18N4O2S2/c1-9-10(2)25-16-14(9)15(18)20-17(21-16)24-8-13(22)19-11-4-6-12(23-3)7-5-11/h4-7H,8H2,1-3H3,(H,19,22)(H2,18,20,21). The molecule has 2 heterocycles. The third kappa shape index (κ3) is 3.85. The van der Waals surface area contributed by atoms with Crippen LogP contribution in [0.4, 0.5) is 11.5 Å². The van der Waals surface area contributed by atoms with E-state index in [1.165, 1.54) is 16.6 Å². The van der Waals surface area contributed by atoms with Gasteiger partial charge in [-0.25, -0.2) is 9.97 Å². The molecule has 1 amide bonds. The van der Waals surface area contributed by atoms with Gasteiger partial charge in [-0.2, -0.15) is 0 Å². The van der Waals surface area contributed by atoms with Crippen molar-refractivity contribution in [3.63, 3.8) is 0 Å². The SMILES string of the molecule is COc1ccc(NC(=O)CSc2nc(N)c3c(C)c(C)sc3n2)cc1. The van der Waals surface area contributed by atoms with Crippen LogP contribution >= 0.6 is 23.1 Å². The van der Waals surface area contributed by atoms with Crippen LogP contribution in [0.1, 0.15) is 10.4 Å². The molecule has 25 heavy (non-hydrogen) atoms. The van der Waals surface area contributed by atoms with Crippen molar-refractivity contribution >= 4 is 50.7 Å². The zero-order chi connectivity index (χ0) is 18.0. The fourth-order valence-corrected chi connectivity index (χ4v) is 4.07. The van der Waals surface area contributed by atoms with E-state index >= 15 is 0 Å². The van der Waals surface area contributed by atoms with Crippen molar-refractivity contribution in [2.45, 2.75) is 19.0 Å². The Kier molecular flexibility index (Phi) is 5.10. The third-order valence-corrected chi connectivity index (χ3v) is 5.69. The zero-order valence-corrected chi connectivity index (χ0v) is 15.8. The first-order valence-electron chi connectivity index (χ1n) is 7.58. The van der Waals surface area contributed by atoms with Gasteiger partial charge in [0, 0.05) is 10.6 Å². The van der Waals surface area contributed by atoms with Crippen molar-refractivity contribution < 1.29 is 9.53 Å². The number of rotatable bonds is 5. The average molecular weight is 374 g/mol. The summed E-state index contributed by atoms with van der Waals surface area (Å²) in [5.74, 6) is 1.28. The first-order valence-corrected chi connectivity index (χ1v) is 9.38. The molecule has 8 heteroatoms. The maximum atomic E-state index is 12.1. The minimum atomic E-state index is -0.129. The summed E-state index contributed by atoms with van der Waals surface area (Å²) in [6.45, 7) is 4.05. The van der Waals surface area contributed by atoms with Gasteiger partial charge in [-0.05, 0) is 43.7 Å². The second kappa shape index (κ2) is 7.28. The Morgan fingerprint density at radius 2 is 2.00 bits per heavy atom. The number of thiophene rings is 1. The molecule has 0 spiro atoms.